The molecule has 1 aromatic heterocycles. The van der Waals surface area contributed by atoms with Gasteiger partial charge in [-0.2, -0.15) is 0 Å². The molecule has 0 aliphatic carbocycles. The lowest BCUT2D eigenvalue weighted by atomic mass is 10.1. The third-order valence-corrected chi connectivity index (χ3v) is 3.70. The molecule has 0 saturated carbocycles. The van der Waals surface area contributed by atoms with Crippen LogP contribution in [0.2, 0.25) is 0 Å². The minimum atomic E-state index is 0.333. The molecular weight excluding hydrogens is 250 g/mol. The Labute approximate surface area is 122 Å². The molecule has 0 spiro atoms. The Hall–Kier alpha value is -1.13. The van der Waals surface area contributed by atoms with Crippen LogP contribution in [-0.2, 0) is 6.54 Å². The fourth-order valence-corrected chi connectivity index (χ4v) is 2.44. The van der Waals surface area contributed by atoms with E-state index in [1.165, 1.54) is 5.56 Å². The van der Waals surface area contributed by atoms with Crippen LogP contribution in [0, 0.1) is 5.92 Å². The van der Waals surface area contributed by atoms with E-state index >= 15 is 0 Å². The zero-order valence-corrected chi connectivity index (χ0v) is 12.9. The first-order chi connectivity index (χ1) is 9.65. The molecule has 0 radical (unpaired) electrons. The Morgan fingerprint density at radius 1 is 1.40 bits per heavy atom. The van der Waals surface area contributed by atoms with E-state index in [0.717, 1.165) is 44.8 Å². The van der Waals surface area contributed by atoms with Crippen molar-refractivity contribution in [3.05, 3.63) is 24.0 Å². The van der Waals surface area contributed by atoms with Gasteiger partial charge >= 0.3 is 0 Å². The maximum atomic E-state index is 6.16. The van der Waals surface area contributed by atoms with Gasteiger partial charge in [-0.15, -0.1) is 0 Å². The van der Waals surface area contributed by atoms with Crippen LogP contribution >= 0.6 is 0 Å². The molecule has 2 heterocycles. The molecule has 4 nitrogen and oxygen atoms in total. The zero-order chi connectivity index (χ0) is 14.4. The van der Waals surface area contributed by atoms with E-state index in [1.807, 2.05) is 12.4 Å². The molecule has 0 atom stereocenters. The van der Waals surface area contributed by atoms with Crippen molar-refractivity contribution in [2.45, 2.75) is 39.3 Å². The lowest BCUT2D eigenvalue weighted by Gasteiger charge is -2.29. The smallest absolute Gasteiger partial charge is 0.142 e. The molecule has 1 saturated heterocycles. The van der Waals surface area contributed by atoms with Crippen LogP contribution < -0.4 is 10.1 Å². The monoisotopic (exact) mass is 277 g/mol. The standard InChI is InChI=1S/C16H27N3O/c1-13(2)10-18-11-14-4-7-17-12-16(14)20-15-5-8-19(3)9-6-15/h4,7,12-13,15,18H,5-6,8-11H2,1-3H3. The SMILES string of the molecule is CC(C)CNCc1ccncc1OC1CCN(C)CC1. The van der Waals surface area contributed by atoms with E-state index < -0.39 is 0 Å². The summed E-state index contributed by atoms with van der Waals surface area (Å²) in [5, 5.41) is 3.47. The molecule has 0 amide bonds. The first-order valence-electron chi connectivity index (χ1n) is 7.64. The van der Waals surface area contributed by atoms with Crippen molar-refractivity contribution in [3.8, 4) is 5.75 Å². The summed E-state index contributed by atoms with van der Waals surface area (Å²) in [7, 11) is 2.17. The highest BCUT2D eigenvalue weighted by molar-refractivity contribution is 5.30. The summed E-state index contributed by atoms with van der Waals surface area (Å²) in [5.41, 5.74) is 1.21. The molecule has 112 valence electrons. The van der Waals surface area contributed by atoms with Gasteiger partial charge in [0.25, 0.3) is 0 Å². The number of likely N-dealkylation sites (tertiary alicyclic amines) is 1. The van der Waals surface area contributed by atoms with Gasteiger partial charge in [0, 0.05) is 31.4 Å². The number of nitrogens with one attached hydrogen (secondary N) is 1. The van der Waals surface area contributed by atoms with Gasteiger partial charge in [0.15, 0.2) is 0 Å². The quantitative estimate of drug-likeness (QED) is 0.866. The van der Waals surface area contributed by atoms with Crippen LogP contribution in [-0.4, -0.2) is 42.7 Å². The molecule has 2 rings (SSSR count). The fraction of sp³-hybridized carbons (Fsp3) is 0.688. The number of piperidine rings is 1. The van der Waals surface area contributed by atoms with Crippen LogP contribution in [0.25, 0.3) is 0 Å². The van der Waals surface area contributed by atoms with Gasteiger partial charge in [-0.3, -0.25) is 4.98 Å². The lowest BCUT2D eigenvalue weighted by molar-refractivity contribution is 0.113. The summed E-state index contributed by atoms with van der Waals surface area (Å²) in [6, 6.07) is 2.05. The number of hydrogen-bond donors (Lipinski definition) is 1. The average Bonchev–Trinajstić information content (AvgIpc) is 2.43. The Kier molecular flexibility index (Phi) is 5.80. The van der Waals surface area contributed by atoms with Crippen molar-refractivity contribution in [3.63, 3.8) is 0 Å². The number of ether oxygens (including phenoxy) is 1. The molecule has 1 fully saturated rings. The van der Waals surface area contributed by atoms with Gasteiger partial charge in [0.05, 0.1) is 6.20 Å². The summed E-state index contributed by atoms with van der Waals surface area (Å²) < 4.78 is 6.16. The van der Waals surface area contributed by atoms with Crippen molar-refractivity contribution in [2.75, 3.05) is 26.7 Å². The highest BCUT2D eigenvalue weighted by Gasteiger charge is 2.19. The van der Waals surface area contributed by atoms with E-state index in [4.69, 9.17) is 4.74 Å². The van der Waals surface area contributed by atoms with Gasteiger partial charge < -0.3 is 15.0 Å². The summed E-state index contributed by atoms with van der Waals surface area (Å²) >= 11 is 0. The molecule has 1 aliphatic heterocycles. The zero-order valence-electron chi connectivity index (χ0n) is 12.9. The predicted octanol–water partition coefficient (Wildman–Crippen LogP) is 2.30. The van der Waals surface area contributed by atoms with Crippen LogP contribution in [0.5, 0.6) is 5.75 Å². The number of pyridine rings is 1. The third-order valence-electron chi connectivity index (χ3n) is 3.70. The summed E-state index contributed by atoms with van der Waals surface area (Å²) in [6.07, 6.45) is 6.23. The third kappa shape index (κ3) is 4.76. The molecule has 1 N–H and O–H groups in total. The molecule has 1 aliphatic rings. The molecule has 1 aromatic rings. The van der Waals surface area contributed by atoms with Gasteiger partial charge in [-0.25, -0.2) is 0 Å². The molecule has 0 aromatic carbocycles. The Morgan fingerprint density at radius 3 is 2.85 bits per heavy atom. The van der Waals surface area contributed by atoms with Gasteiger partial charge in [-0.1, -0.05) is 13.8 Å². The molecule has 0 unspecified atom stereocenters. The van der Waals surface area contributed by atoms with Crippen molar-refractivity contribution in [1.29, 1.82) is 0 Å². The topological polar surface area (TPSA) is 37.4 Å². The van der Waals surface area contributed by atoms with Crippen LogP contribution in [0.3, 0.4) is 0 Å². The summed E-state index contributed by atoms with van der Waals surface area (Å²) in [4.78, 5) is 6.56. The summed E-state index contributed by atoms with van der Waals surface area (Å²) in [5.74, 6) is 1.60. The van der Waals surface area contributed by atoms with Gasteiger partial charge in [0.1, 0.15) is 11.9 Å². The highest BCUT2D eigenvalue weighted by atomic mass is 16.5. The summed E-state index contributed by atoms with van der Waals surface area (Å²) in [6.45, 7) is 8.54. The van der Waals surface area contributed by atoms with Crippen molar-refractivity contribution in [2.24, 2.45) is 5.92 Å². The van der Waals surface area contributed by atoms with E-state index in [-0.39, 0.29) is 0 Å². The van der Waals surface area contributed by atoms with Crippen molar-refractivity contribution >= 4 is 0 Å². The van der Waals surface area contributed by atoms with Gasteiger partial charge in [0.2, 0.25) is 0 Å². The number of rotatable bonds is 6. The highest BCUT2D eigenvalue weighted by Crippen LogP contribution is 2.21. The Balaban J connectivity index is 1.90. The first-order valence-corrected chi connectivity index (χ1v) is 7.64. The largest absolute Gasteiger partial charge is 0.488 e. The molecule has 0 bridgehead atoms. The predicted molar refractivity (Wildman–Crippen MR) is 81.9 cm³/mol. The molecule has 4 heteroatoms. The lowest BCUT2D eigenvalue weighted by Crippen LogP contribution is -2.35. The van der Waals surface area contributed by atoms with Gasteiger partial charge in [-0.05, 0) is 38.4 Å². The normalized spacial score (nSPS) is 17.6. The van der Waals surface area contributed by atoms with E-state index in [2.05, 4.69) is 42.2 Å². The van der Waals surface area contributed by atoms with Crippen LogP contribution in [0.1, 0.15) is 32.3 Å². The van der Waals surface area contributed by atoms with E-state index in [0.29, 0.717) is 12.0 Å². The van der Waals surface area contributed by atoms with E-state index in [1.54, 1.807) is 0 Å². The Morgan fingerprint density at radius 2 is 2.15 bits per heavy atom. The molecular formula is C16H27N3O. The van der Waals surface area contributed by atoms with Crippen LogP contribution in [0.15, 0.2) is 18.5 Å². The maximum absolute atomic E-state index is 6.16. The number of nitrogens with zero attached hydrogens (tertiary/aromatic N) is 2. The minimum Gasteiger partial charge on any atom is -0.488 e. The maximum Gasteiger partial charge on any atom is 0.142 e. The Bertz CT molecular complexity index is 400. The second-order valence-electron chi connectivity index (χ2n) is 6.13. The second kappa shape index (κ2) is 7.60. The minimum absolute atomic E-state index is 0.333. The van der Waals surface area contributed by atoms with Crippen LogP contribution in [0.4, 0.5) is 0 Å². The molecule has 20 heavy (non-hydrogen) atoms. The number of hydrogen-bond acceptors (Lipinski definition) is 4. The van der Waals surface area contributed by atoms with Crippen molar-refractivity contribution < 1.29 is 4.74 Å². The average molecular weight is 277 g/mol. The van der Waals surface area contributed by atoms with E-state index in [9.17, 15) is 0 Å². The second-order valence-corrected chi connectivity index (χ2v) is 6.13. The fourth-order valence-electron chi connectivity index (χ4n) is 2.44. The first kappa shape index (κ1) is 15.3. The number of aromatic nitrogens is 1. The van der Waals surface area contributed by atoms with Crippen molar-refractivity contribution in [1.82, 2.24) is 15.2 Å².